The molecule has 1 atom stereocenters. The number of halogens is 1. The van der Waals surface area contributed by atoms with Crippen molar-refractivity contribution in [3.8, 4) is 17.0 Å². The molecule has 0 saturated carbocycles. The molecule has 36 heavy (non-hydrogen) atoms. The van der Waals surface area contributed by atoms with Gasteiger partial charge in [0.05, 0.1) is 18.2 Å². The summed E-state index contributed by atoms with van der Waals surface area (Å²) in [6.45, 7) is 5.58. The topological polar surface area (TPSA) is 78.9 Å². The van der Waals surface area contributed by atoms with Crippen molar-refractivity contribution in [1.82, 2.24) is 14.9 Å². The molecule has 0 N–H and O–H groups in total. The minimum absolute atomic E-state index is 0.00658. The van der Waals surface area contributed by atoms with Gasteiger partial charge < -0.3 is 19.4 Å². The van der Waals surface area contributed by atoms with Crippen LogP contribution in [-0.4, -0.2) is 66.0 Å². The molecule has 0 radical (unpaired) electrons. The number of benzene rings is 2. The highest BCUT2D eigenvalue weighted by Gasteiger charge is 2.38. The standard InChI is InChI=1S/C27H28BrN5O3/c1-2-36-23-8-6-19(7-9-23)24-16-25(30-18-29-24)31-10-12-32(13-11-31)27(35)20-14-26(34)33(17-20)22-5-3-4-21(28)15-22/h3-9,15-16,18,20H,2,10-14,17H2,1H3. The maximum absolute atomic E-state index is 13.2. The summed E-state index contributed by atoms with van der Waals surface area (Å²) in [7, 11) is 0. The van der Waals surface area contributed by atoms with E-state index in [1.54, 1.807) is 11.2 Å². The van der Waals surface area contributed by atoms with Crippen molar-refractivity contribution in [2.45, 2.75) is 13.3 Å². The van der Waals surface area contributed by atoms with Crippen LogP contribution in [0.2, 0.25) is 0 Å². The van der Waals surface area contributed by atoms with Crippen molar-refractivity contribution in [3.05, 3.63) is 65.4 Å². The van der Waals surface area contributed by atoms with Crippen molar-refractivity contribution < 1.29 is 14.3 Å². The number of carbonyl (C=O) groups is 2. The number of piperazine rings is 1. The Morgan fingerprint density at radius 1 is 1.06 bits per heavy atom. The largest absolute Gasteiger partial charge is 0.494 e. The van der Waals surface area contributed by atoms with Gasteiger partial charge in [-0.1, -0.05) is 22.0 Å². The third-order valence-corrected chi connectivity index (χ3v) is 7.12. The van der Waals surface area contributed by atoms with Crippen molar-refractivity contribution in [2.24, 2.45) is 5.92 Å². The number of hydrogen-bond donors (Lipinski definition) is 0. The van der Waals surface area contributed by atoms with Gasteiger partial charge in [0.2, 0.25) is 11.8 Å². The van der Waals surface area contributed by atoms with Crippen molar-refractivity contribution >= 4 is 39.2 Å². The molecule has 3 aromatic rings. The average molecular weight is 550 g/mol. The molecule has 2 aliphatic rings. The number of carbonyl (C=O) groups excluding carboxylic acids is 2. The van der Waals surface area contributed by atoms with E-state index in [2.05, 4.69) is 30.8 Å². The van der Waals surface area contributed by atoms with Crippen LogP contribution in [0.3, 0.4) is 0 Å². The quantitative estimate of drug-likeness (QED) is 0.462. The third kappa shape index (κ3) is 5.21. The predicted octanol–water partition coefficient (Wildman–Crippen LogP) is 4.01. The summed E-state index contributed by atoms with van der Waals surface area (Å²) in [6, 6.07) is 17.5. The van der Waals surface area contributed by atoms with Crippen LogP contribution in [0, 0.1) is 5.92 Å². The van der Waals surface area contributed by atoms with Crippen molar-refractivity contribution in [2.75, 3.05) is 49.1 Å². The van der Waals surface area contributed by atoms with Crippen LogP contribution in [0.4, 0.5) is 11.5 Å². The fourth-order valence-electron chi connectivity index (χ4n) is 4.75. The first-order valence-corrected chi connectivity index (χ1v) is 13.0. The SMILES string of the molecule is CCOc1ccc(-c2cc(N3CCN(C(=O)C4CC(=O)N(c5cccc(Br)c5)C4)CC3)ncn2)cc1. The Labute approximate surface area is 219 Å². The van der Waals surface area contributed by atoms with Gasteiger partial charge in [-0.05, 0) is 49.4 Å². The Balaban J connectivity index is 1.20. The molecule has 9 heteroatoms. The van der Waals surface area contributed by atoms with Gasteiger partial charge in [0.1, 0.15) is 17.9 Å². The maximum atomic E-state index is 13.2. The van der Waals surface area contributed by atoms with Gasteiger partial charge in [-0.25, -0.2) is 9.97 Å². The van der Waals surface area contributed by atoms with E-state index in [0.29, 0.717) is 39.3 Å². The summed E-state index contributed by atoms with van der Waals surface area (Å²) in [5.41, 5.74) is 2.66. The van der Waals surface area contributed by atoms with Crippen LogP contribution in [0.25, 0.3) is 11.3 Å². The van der Waals surface area contributed by atoms with Gasteiger partial charge in [-0.3, -0.25) is 9.59 Å². The molecule has 5 rings (SSSR count). The van der Waals surface area contributed by atoms with E-state index < -0.39 is 0 Å². The van der Waals surface area contributed by atoms with Gasteiger partial charge in [-0.15, -0.1) is 0 Å². The Kier molecular flexibility index (Phi) is 7.18. The van der Waals surface area contributed by atoms with Gasteiger partial charge >= 0.3 is 0 Å². The summed E-state index contributed by atoms with van der Waals surface area (Å²) in [5, 5.41) is 0. The zero-order valence-corrected chi connectivity index (χ0v) is 21.7. The Hall–Kier alpha value is -3.46. The third-order valence-electron chi connectivity index (χ3n) is 6.62. The van der Waals surface area contributed by atoms with E-state index >= 15 is 0 Å². The highest BCUT2D eigenvalue weighted by molar-refractivity contribution is 9.10. The predicted molar refractivity (Wildman–Crippen MR) is 142 cm³/mol. The van der Waals surface area contributed by atoms with E-state index in [0.717, 1.165) is 33.0 Å². The second kappa shape index (κ2) is 10.7. The number of amides is 2. The van der Waals surface area contributed by atoms with Crippen LogP contribution in [-0.2, 0) is 9.59 Å². The second-order valence-corrected chi connectivity index (χ2v) is 9.83. The van der Waals surface area contributed by atoms with Crippen LogP contribution in [0.15, 0.2) is 65.4 Å². The molecule has 0 spiro atoms. The molecule has 0 aliphatic carbocycles. The number of rotatable bonds is 6. The van der Waals surface area contributed by atoms with Crippen LogP contribution >= 0.6 is 15.9 Å². The lowest BCUT2D eigenvalue weighted by molar-refractivity contribution is -0.136. The number of anilines is 2. The molecule has 2 amide bonds. The summed E-state index contributed by atoms with van der Waals surface area (Å²) in [5.74, 6) is 1.41. The minimum Gasteiger partial charge on any atom is -0.494 e. The lowest BCUT2D eigenvalue weighted by atomic mass is 10.1. The summed E-state index contributed by atoms with van der Waals surface area (Å²) in [6.07, 6.45) is 1.84. The van der Waals surface area contributed by atoms with E-state index in [1.807, 2.05) is 66.4 Å². The molecule has 1 aromatic heterocycles. The molecule has 3 heterocycles. The second-order valence-electron chi connectivity index (χ2n) is 8.92. The van der Waals surface area contributed by atoms with Crippen LogP contribution in [0.1, 0.15) is 13.3 Å². The van der Waals surface area contributed by atoms with Gasteiger partial charge in [0.15, 0.2) is 0 Å². The number of ether oxygens (including phenoxy) is 1. The fraction of sp³-hybridized carbons (Fsp3) is 0.333. The molecule has 1 unspecified atom stereocenters. The normalized spacial score (nSPS) is 18.0. The zero-order chi connectivity index (χ0) is 25.1. The molecular formula is C27H28BrN5O3. The van der Waals surface area contributed by atoms with Crippen LogP contribution < -0.4 is 14.5 Å². The molecule has 0 bridgehead atoms. The maximum Gasteiger partial charge on any atom is 0.228 e. The Morgan fingerprint density at radius 3 is 2.56 bits per heavy atom. The molecular weight excluding hydrogens is 522 g/mol. The lowest BCUT2D eigenvalue weighted by Gasteiger charge is -2.36. The van der Waals surface area contributed by atoms with Crippen molar-refractivity contribution in [3.63, 3.8) is 0 Å². The molecule has 2 fully saturated rings. The van der Waals surface area contributed by atoms with E-state index in [1.165, 1.54) is 0 Å². The van der Waals surface area contributed by atoms with Gasteiger partial charge in [0, 0.05) is 60.9 Å². The lowest BCUT2D eigenvalue weighted by Crippen LogP contribution is -2.51. The molecule has 186 valence electrons. The monoisotopic (exact) mass is 549 g/mol. The van der Waals surface area contributed by atoms with Gasteiger partial charge in [0.25, 0.3) is 0 Å². The summed E-state index contributed by atoms with van der Waals surface area (Å²) >= 11 is 3.45. The van der Waals surface area contributed by atoms with E-state index in [-0.39, 0.29) is 24.2 Å². The number of nitrogens with zero attached hydrogens (tertiary/aromatic N) is 5. The van der Waals surface area contributed by atoms with E-state index in [4.69, 9.17) is 4.74 Å². The summed E-state index contributed by atoms with van der Waals surface area (Å²) < 4.78 is 6.44. The Bertz CT molecular complexity index is 1240. The highest BCUT2D eigenvalue weighted by Crippen LogP contribution is 2.29. The molecule has 2 saturated heterocycles. The molecule has 8 nitrogen and oxygen atoms in total. The highest BCUT2D eigenvalue weighted by atomic mass is 79.9. The van der Waals surface area contributed by atoms with Crippen LogP contribution in [0.5, 0.6) is 5.75 Å². The first-order chi connectivity index (χ1) is 17.5. The summed E-state index contributed by atoms with van der Waals surface area (Å²) in [4.78, 5) is 40.5. The first kappa shape index (κ1) is 24.2. The van der Waals surface area contributed by atoms with E-state index in [9.17, 15) is 9.59 Å². The van der Waals surface area contributed by atoms with Crippen molar-refractivity contribution in [1.29, 1.82) is 0 Å². The fourth-order valence-corrected chi connectivity index (χ4v) is 5.13. The smallest absolute Gasteiger partial charge is 0.228 e. The minimum atomic E-state index is -0.312. The molecule has 2 aromatic carbocycles. The van der Waals surface area contributed by atoms with Gasteiger partial charge in [-0.2, -0.15) is 0 Å². The number of aromatic nitrogens is 2. The zero-order valence-electron chi connectivity index (χ0n) is 20.1. The molecule has 2 aliphatic heterocycles. The first-order valence-electron chi connectivity index (χ1n) is 12.2. The average Bonchev–Trinajstić information content (AvgIpc) is 3.30. The Morgan fingerprint density at radius 2 is 1.83 bits per heavy atom. The number of hydrogen-bond acceptors (Lipinski definition) is 6.